The van der Waals surface area contributed by atoms with Gasteiger partial charge in [0.1, 0.15) is 0 Å². The number of hydrogen-bond donors (Lipinski definition) is 3. The second-order valence-electron chi connectivity index (χ2n) is 7.77. The first-order valence-corrected chi connectivity index (χ1v) is 10.8. The number of nitrogens with one attached hydrogen (secondary N) is 2. The maximum atomic E-state index is 13.8. The molecule has 0 aliphatic carbocycles. The Morgan fingerprint density at radius 2 is 1.66 bits per heavy atom. The molecule has 13 heteroatoms. The van der Waals surface area contributed by atoms with Crippen molar-refractivity contribution in [2.75, 3.05) is 19.0 Å². The molecule has 0 unspecified atom stereocenters. The van der Waals surface area contributed by atoms with E-state index in [-0.39, 0.29) is 27.7 Å². The normalized spacial score (nSPS) is 14.8. The molecule has 0 radical (unpaired) electrons. The van der Waals surface area contributed by atoms with Gasteiger partial charge >= 0.3 is 12.4 Å². The summed E-state index contributed by atoms with van der Waals surface area (Å²) in [6.45, 7) is -0.0754. The monoisotopic (exact) mass is 546 g/mol. The van der Waals surface area contributed by atoms with E-state index in [1.807, 2.05) is 0 Å². The Labute approximate surface area is 207 Å². The van der Waals surface area contributed by atoms with Gasteiger partial charge < -0.3 is 20.5 Å². The molecule has 2 aromatic rings. The van der Waals surface area contributed by atoms with Gasteiger partial charge in [0.25, 0.3) is 0 Å². The lowest BCUT2D eigenvalue weighted by Gasteiger charge is -2.32. The standard InChI is InChI=1S/C22H22Cl2F6N2O3/c1-12(35-2)5-19(33)31-10-13-3-4-17(9-18(13)21(25,26)27)32-11-20(34,22(28,29)30)14-6-15(23)8-16(24)7-14/h3-4,6-9,12,32,34H,5,10-11H2,1-2H3,(H,31,33)/t12-,20+/m1/s1. The van der Waals surface area contributed by atoms with Crippen LogP contribution in [0.3, 0.4) is 0 Å². The molecule has 0 aliphatic heterocycles. The number of hydrogen-bond acceptors (Lipinski definition) is 4. The number of benzene rings is 2. The second-order valence-corrected chi connectivity index (χ2v) is 8.64. The summed E-state index contributed by atoms with van der Waals surface area (Å²) in [6, 6.07) is 5.62. The average molecular weight is 547 g/mol. The van der Waals surface area contributed by atoms with Crippen molar-refractivity contribution in [2.45, 2.75) is 43.9 Å². The zero-order valence-electron chi connectivity index (χ0n) is 18.5. The highest BCUT2D eigenvalue weighted by Crippen LogP contribution is 2.41. The molecule has 0 spiro atoms. The highest BCUT2D eigenvalue weighted by Gasteiger charge is 2.55. The Bertz CT molecular complexity index is 1030. The van der Waals surface area contributed by atoms with E-state index < -0.39 is 54.2 Å². The Morgan fingerprint density at radius 3 is 2.17 bits per heavy atom. The van der Waals surface area contributed by atoms with Gasteiger partial charge in [-0.15, -0.1) is 0 Å². The van der Waals surface area contributed by atoms with E-state index in [9.17, 15) is 36.2 Å². The number of alkyl halides is 6. The molecular weight excluding hydrogens is 525 g/mol. The van der Waals surface area contributed by atoms with Gasteiger partial charge in [-0.1, -0.05) is 29.3 Å². The molecule has 2 atom stereocenters. The number of methoxy groups -OCH3 is 1. The van der Waals surface area contributed by atoms with Crippen LogP contribution in [0, 0.1) is 0 Å². The summed E-state index contributed by atoms with van der Waals surface area (Å²) < 4.78 is 87.1. The molecule has 0 aromatic heterocycles. The smallest absolute Gasteiger partial charge is 0.381 e. The topological polar surface area (TPSA) is 70.6 Å². The van der Waals surface area contributed by atoms with Crippen LogP contribution in [0.1, 0.15) is 30.0 Å². The predicted molar refractivity (Wildman–Crippen MR) is 119 cm³/mol. The van der Waals surface area contributed by atoms with Crippen LogP contribution in [-0.4, -0.2) is 36.9 Å². The van der Waals surface area contributed by atoms with Crippen molar-refractivity contribution in [3.05, 3.63) is 63.1 Å². The second kappa shape index (κ2) is 11.2. The van der Waals surface area contributed by atoms with Crippen LogP contribution in [0.25, 0.3) is 0 Å². The van der Waals surface area contributed by atoms with Gasteiger partial charge in [-0.25, -0.2) is 0 Å². The molecule has 0 saturated carbocycles. The van der Waals surface area contributed by atoms with Gasteiger partial charge in [-0.3, -0.25) is 4.79 Å². The first-order chi connectivity index (χ1) is 16.1. The van der Waals surface area contributed by atoms with E-state index in [1.54, 1.807) is 6.92 Å². The minimum absolute atomic E-state index is 0.0684. The summed E-state index contributed by atoms with van der Waals surface area (Å²) in [7, 11) is 1.38. The number of aliphatic hydroxyl groups is 1. The van der Waals surface area contributed by atoms with Crippen molar-refractivity contribution in [1.82, 2.24) is 5.32 Å². The van der Waals surface area contributed by atoms with Crippen LogP contribution >= 0.6 is 23.2 Å². The van der Waals surface area contributed by atoms with E-state index >= 15 is 0 Å². The van der Waals surface area contributed by atoms with Crippen LogP contribution in [0.5, 0.6) is 0 Å². The van der Waals surface area contributed by atoms with Gasteiger partial charge in [0.15, 0.2) is 0 Å². The van der Waals surface area contributed by atoms with Gasteiger partial charge in [0, 0.05) is 29.4 Å². The molecule has 3 N–H and O–H groups in total. The van der Waals surface area contributed by atoms with Crippen LogP contribution in [0.15, 0.2) is 36.4 Å². The Balaban J connectivity index is 2.29. The minimum atomic E-state index is -5.22. The van der Waals surface area contributed by atoms with Crippen molar-refractivity contribution in [3.8, 4) is 0 Å². The van der Waals surface area contributed by atoms with Crippen LogP contribution in [0.4, 0.5) is 32.0 Å². The largest absolute Gasteiger partial charge is 0.423 e. The molecule has 0 saturated heterocycles. The fraction of sp³-hybridized carbons (Fsp3) is 0.409. The number of anilines is 1. The maximum Gasteiger partial charge on any atom is 0.423 e. The van der Waals surface area contributed by atoms with Crippen molar-refractivity contribution in [2.24, 2.45) is 0 Å². The zero-order valence-corrected chi connectivity index (χ0v) is 20.0. The molecule has 2 rings (SSSR count). The zero-order chi connectivity index (χ0) is 26.6. The molecule has 0 fully saturated rings. The van der Waals surface area contributed by atoms with Crippen LogP contribution < -0.4 is 10.6 Å². The van der Waals surface area contributed by atoms with Gasteiger partial charge in [0.2, 0.25) is 11.5 Å². The first kappa shape index (κ1) is 29.0. The quantitative estimate of drug-likeness (QED) is 0.342. The SMILES string of the molecule is CO[C@H](C)CC(=O)NCc1ccc(NC[C@](O)(c2cc(Cl)cc(Cl)c2)C(F)(F)F)cc1C(F)(F)F. The van der Waals surface area contributed by atoms with E-state index in [0.29, 0.717) is 6.07 Å². The highest BCUT2D eigenvalue weighted by atomic mass is 35.5. The summed E-state index contributed by atoms with van der Waals surface area (Å²) in [5.74, 6) is -0.537. The number of carbonyl (C=O) groups is 1. The van der Waals surface area contributed by atoms with Crippen molar-refractivity contribution in [3.63, 3.8) is 0 Å². The number of carbonyl (C=O) groups excluding carboxylic acids is 1. The van der Waals surface area contributed by atoms with Crippen molar-refractivity contribution < 1.29 is 41.0 Å². The predicted octanol–water partition coefficient (Wildman–Crippen LogP) is 5.92. The summed E-state index contributed by atoms with van der Waals surface area (Å²) in [6.07, 6.45) is -10.6. The Hall–Kier alpha value is -2.21. The van der Waals surface area contributed by atoms with Gasteiger partial charge in [0.05, 0.1) is 24.6 Å². The summed E-state index contributed by atoms with van der Waals surface area (Å²) in [4.78, 5) is 11.9. The molecule has 2 aromatic carbocycles. The Morgan fingerprint density at radius 1 is 1.06 bits per heavy atom. The molecule has 35 heavy (non-hydrogen) atoms. The summed E-state index contributed by atoms with van der Waals surface area (Å²) in [5, 5.41) is 14.7. The fourth-order valence-electron chi connectivity index (χ4n) is 3.10. The summed E-state index contributed by atoms with van der Waals surface area (Å²) in [5.41, 5.74) is -5.99. The molecule has 0 bridgehead atoms. The van der Waals surface area contributed by atoms with E-state index in [1.165, 1.54) is 13.2 Å². The van der Waals surface area contributed by atoms with Gasteiger partial charge in [-0.05, 0) is 48.4 Å². The number of rotatable bonds is 9. The highest BCUT2D eigenvalue weighted by molar-refractivity contribution is 6.34. The van der Waals surface area contributed by atoms with Crippen molar-refractivity contribution in [1.29, 1.82) is 0 Å². The Kier molecular flexibility index (Phi) is 9.32. The third kappa shape index (κ3) is 7.63. The van der Waals surface area contributed by atoms with E-state index in [0.717, 1.165) is 24.3 Å². The van der Waals surface area contributed by atoms with Crippen molar-refractivity contribution >= 4 is 34.8 Å². The summed E-state index contributed by atoms with van der Waals surface area (Å²) >= 11 is 11.5. The van der Waals surface area contributed by atoms with E-state index in [4.69, 9.17) is 27.9 Å². The lowest BCUT2D eigenvalue weighted by molar-refractivity contribution is -0.260. The third-order valence-corrected chi connectivity index (χ3v) is 5.56. The molecule has 194 valence electrons. The lowest BCUT2D eigenvalue weighted by atomic mass is 9.92. The molecule has 0 heterocycles. The molecule has 5 nitrogen and oxygen atoms in total. The number of ether oxygens (including phenoxy) is 1. The minimum Gasteiger partial charge on any atom is -0.381 e. The van der Waals surface area contributed by atoms with Gasteiger partial charge in [-0.2, -0.15) is 26.3 Å². The number of amides is 1. The first-order valence-electron chi connectivity index (χ1n) is 10.1. The fourth-order valence-corrected chi connectivity index (χ4v) is 3.63. The maximum absolute atomic E-state index is 13.8. The molecular formula is C22H22Cl2F6N2O3. The molecule has 1 amide bonds. The average Bonchev–Trinajstić information content (AvgIpc) is 2.74. The third-order valence-electron chi connectivity index (χ3n) is 5.12. The number of halogens is 8. The molecule has 0 aliphatic rings. The van der Waals surface area contributed by atoms with Crippen LogP contribution in [-0.2, 0) is 27.9 Å². The van der Waals surface area contributed by atoms with E-state index in [2.05, 4.69) is 10.6 Å². The lowest BCUT2D eigenvalue weighted by Crippen LogP contribution is -2.47. The van der Waals surface area contributed by atoms with Crippen LogP contribution in [0.2, 0.25) is 10.0 Å².